The highest BCUT2D eigenvalue weighted by atomic mass is 32.1. The van der Waals surface area contributed by atoms with Crippen LogP contribution in [0, 0.1) is 0 Å². The van der Waals surface area contributed by atoms with Crippen molar-refractivity contribution in [3.63, 3.8) is 0 Å². The van der Waals surface area contributed by atoms with Gasteiger partial charge in [0.15, 0.2) is 0 Å². The molecule has 2 N–H and O–H groups in total. The Morgan fingerprint density at radius 2 is 2.32 bits per heavy atom. The fourth-order valence-corrected chi connectivity index (χ4v) is 2.84. The van der Waals surface area contributed by atoms with Crippen LogP contribution in [0.3, 0.4) is 0 Å². The van der Waals surface area contributed by atoms with Crippen LogP contribution in [0.25, 0.3) is 0 Å². The Hall–Kier alpha value is -1.43. The zero-order chi connectivity index (χ0) is 14.0. The third kappa shape index (κ3) is 2.78. The van der Waals surface area contributed by atoms with Crippen LogP contribution in [0.4, 0.5) is 0 Å². The van der Waals surface area contributed by atoms with Gasteiger partial charge in [0.25, 0.3) is 5.91 Å². The number of rotatable bonds is 3. The molecule has 0 bridgehead atoms. The molecular formula is C13H20N4OS. The Balaban J connectivity index is 2.28. The molecule has 1 unspecified atom stereocenters. The second kappa shape index (κ2) is 5.69. The van der Waals surface area contributed by atoms with Crippen molar-refractivity contribution in [2.75, 3.05) is 6.54 Å². The first-order valence-corrected chi connectivity index (χ1v) is 7.08. The highest BCUT2D eigenvalue weighted by Crippen LogP contribution is 2.21. The summed E-state index contributed by atoms with van der Waals surface area (Å²) in [5, 5.41) is 4.32. The number of carbonyl (C=O) groups excluding carboxylic acids is 1. The largest absolute Gasteiger partial charge is 0.392 e. The monoisotopic (exact) mass is 280 g/mol. The van der Waals surface area contributed by atoms with Crippen molar-refractivity contribution >= 4 is 23.1 Å². The first kappa shape index (κ1) is 14.0. The minimum absolute atomic E-state index is 0.00227. The predicted molar refractivity (Wildman–Crippen MR) is 78.0 cm³/mol. The number of piperidine rings is 1. The number of thiocarbonyl (C=S) groups is 1. The second-order valence-corrected chi connectivity index (χ2v) is 5.40. The van der Waals surface area contributed by atoms with Crippen LogP contribution in [0.1, 0.15) is 42.2 Å². The lowest BCUT2D eigenvalue weighted by molar-refractivity contribution is 0.0680. The minimum Gasteiger partial charge on any atom is -0.392 e. The standard InChI is InChI=1S/C13H20N4OS/c1-3-10-9(8-16(2)15-10)13(18)17-7-5-4-6-11(17)12(14)19/h8,11H,3-7H2,1-2H3,(H2,14,19). The van der Waals surface area contributed by atoms with E-state index in [0.29, 0.717) is 10.6 Å². The molecule has 1 atom stereocenters. The molecule has 6 heteroatoms. The number of hydrogen-bond acceptors (Lipinski definition) is 3. The first-order valence-electron chi connectivity index (χ1n) is 6.67. The summed E-state index contributed by atoms with van der Waals surface area (Å²) in [7, 11) is 1.83. The molecule has 0 spiro atoms. The van der Waals surface area contributed by atoms with E-state index in [0.717, 1.165) is 37.9 Å². The summed E-state index contributed by atoms with van der Waals surface area (Å²) in [5.41, 5.74) is 7.27. The van der Waals surface area contributed by atoms with Crippen molar-refractivity contribution in [1.82, 2.24) is 14.7 Å². The minimum atomic E-state index is -0.110. The van der Waals surface area contributed by atoms with Crippen LogP contribution in [-0.2, 0) is 13.5 Å². The molecular weight excluding hydrogens is 260 g/mol. The van der Waals surface area contributed by atoms with E-state index in [-0.39, 0.29) is 11.9 Å². The quantitative estimate of drug-likeness (QED) is 0.847. The second-order valence-electron chi connectivity index (χ2n) is 4.93. The maximum atomic E-state index is 12.7. The van der Waals surface area contributed by atoms with E-state index in [1.165, 1.54) is 0 Å². The molecule has 1 aromatic heterocycles. The Morgan fingerprint density at radius 3 is 2.95 bits per heavy atom. The lowest BCUT2D eigenvalue weighted by Crippen LogP contribution is -2.49. The number of aryl methyl sites for hydroxylation is 2. The molecule has 1 saturated heterocycles. The van der Waals surface area contributed by atoms with Crippen molar-refractivity contribution < 1.29 is 4.79 Å². The summed E-state index contributed by atoms with van der Waals surface area (Å²) >= 11 is 5.09. The van der Waals surface area contributed by atoms with Gasteiger partial charge in [-0.3, -0.25) is 9.48 Å². The number of nitrogens with zero attached hydrogens (tertiary/aromatic N) is 3. The lowest BCUT2D eigenvalue weighted by atomic mass is 10.0. The van der Waals surface area contributed by atoms with Crippen molar-refractivity contribution in [2.45, 2.75) is 38.6 Å². The van der Waals surface area contributed by atoms with Crippen LogP contribution in [-0.4, -0.2) is 38.2 Å². The lowest BCUT2D eigenvalue weighted by Gasteiger charge is -2.35. The summed E-state index contributed by atoms with van der Waals surface area (Å²) in [6.07, 6.45) is 5.47. The molecule has 0 saturated carbocycles. The number of amides is 1. The summed E-state index contributed by atoms with van der Waals surface area (Å²) in [6.45, 7) is 2.72. The van der Waals surface area contributed by atoms with Gasteiger partial charge in [-0.2, -0.15) is 5.10 Å². The van der Waals surface area contributed by atoms with E-state index in [1.807, 2.05) is 18.9 Å². The Kier molecular flexibility index (Phi) is 4.19. The fourth-order valence-electron chi connectivity index (χ4n) is 2.60. The van der Waals surface area contributed by atoms with E-state index in [2.05, 4.69) is 5.10 Å². The van der Waals surface area contributed by atoms with E-state index in [4.69, 9.17) is 18.0 Å². The van der Waals surface area contributed by atoms with E-state index >= 15 is 0 Å². The van der Waals surface area contributed by atoms with Gasteiger partial charge in [-0.1, -0.05) is 19.1 Å². The van der Waals surface area contributed by atoms with Gasteiger partial charge in [-0.25, -0.2) is 0 Å². The smallest absolute Gasteiger partial charge is 0.257 e. The molecule has 5 nitrogen and oxygen atoms in total. The van der Waals surface area contributed by atoms with Gasteiger partial charge in [-0.15, -0.1) is 0 Å². The molecule has 0 aliphatic carbocycles. The van der Waals surface area contributed by atoms with Gasteiger partial charge in [0.1, 0.15) is 0 Å². The first-order chi connectivity index (χ1) is 9.04. The average molecular weight is 280 g/mol. The van der Waals surface area contributed by atoms with Crippen LogP contribution < -0.4 is 5.73 Å². The zero-order valence-corrected chi connectivity index (χ0v) is 12.2. The molecule has 19 heavy (non-hydrogen) atoms. The van der Waals surface area contributed by atoms with Crippen molar-refractivity contribution in [1.29, 1.82) is 0 Å². The maximum absolute atomic E-state index is 12.7. The molecule has 1 aliphatic heterocycles. The number of nitrogens with two attached hydrogens (primary N) is 1. The predicted octanol–water partition coefficient (Wildman–Crippen LogP) is 1.26. The van der Waals surface area contributed by atoms with Crippen molar-refractivity contribution in [3.05, 3.63) is 17.5 Å². The fraction of sp³-hybridized carbons (Fsp3) is 0.615. The maximum Gasteiger partial charge on any atom is 0.257 e. The highest BCUT2D eigenvalue weighted by Gasteiger charge is 2.31. The van der Waals surface area contributed by atoms with Crippen LogP contribution in [0.5, 0.6) is 0 Å². The topological polar surface area (TPSA) is 64.2 Å². The molecule has 104 valence electrons. The number of aromatic nitrogens is 2. The summed E-state index contributed by atoms with van der Waals surface area (Å²) in [6, 6.07) is -0.110. The highest BCUT2D eigenvalue weighted by molar-refractivity contribution is 7.80. The van der Waals surface area contributed by atoms with Crippen LogP contribution in [0.15, 0.2) is 6.20 Å². The molecule has 1 aromatic rings. The van der Waals surface area contributed by atoms with Gasteiger partial charge in [0, 0.05) is 19.8 Å². The zero-order valence-electron chi connectivity index (χ0n) is 11.4. The molecule has 1 fully saturated rings. The number of hydrogen-bond donors (Lipinski definition) is 1. The average Bonchev–Trinajstić information content (AvgIpc) is 2.79. The Bertz CT molecular complexity index is 497. The van der Waals surface area contributed by atoms with Crippen molar-refractivity contribution in [2.24, 2.45) is 12.8 Å². The van der Waals surface area contributed by atoms with E-state index in [1.54, 1.807) is 10.9 Å². The molecule has 2 heterocycles. The van der Waals surface area contributed by atoms with Gasteiger partial charge in [0.2, 0.25) is 0 Å². The molecule has 1 amide bonds. The normalized spacial score (nSPS) is 19.5. The Labute approximate surface area is 118 Å². The van der Waals surface area contributed by atoms with Gasteiger partial charge in [-0.05, 0) is 25.7 Å². The Morgan fingerprint density at radius 1 is 1.58 bits per heavy atom. The third-order valence-corrected chi connectivity index (χ3v) is 3.83. The van der Waals surface area contributed by atoms with Crippen molar-refractivity contribution in [3.8, 4) is 0 Å². The van der Waals surface area contributed by atoms with Gasteiger partial charge >= 0.3 is 0 Å². The molecule has 0 radical (unpaired) electrons. The van der Waals surface area contributed by atoms with Gasteiger partial charge < -0.3 is 10.6 Å². The number of likely N-dealkylation sites (tertiary alicyclic amines) is 1. The summed E-state index contributed by atoms with van der Waals surface area (Å²) in [4.78, 5) is 14.9. The van der Waals surface area contributed by atoms with E-state index < -0.39 is 0 Å². The number of carbonyl (C=O) groups is 1. The molecule has 2 rings (SSSR count). The SMILES string of the molecule is CCc1nn(C)cc1C(=O)N1CCCCC1C(N)=S. The van der Waals surface area contributed by atoms with Crippen LogP contribution >= 0.6 is 12.2 Å². The van der Waals surface area contributed by atoms with E-state index in [9.17, 15) is 4.79 Å². The summed E-state index contributed by atoms with van der Waals surface area (Å²) < 4.78 is 1.69. The third-order valence-electron chi connectivity index (χ3n) is 3.56. The molecule has 1 aliphatic rings. The van der Waals surface area contributed by atoms with Gasteiger partial charge in [0.05, 0.1) is 22.3 Å². The molecule has 0 aromatic carbocycles. The summed E-state index contributed by atoms with van der Waals surface area (Å²) in [5.74, 6) is 0.00227. The van der Waals surface area contributed by atoms with Crippen LogP contribution in [0.2, 0.25) is 0 Å².